The van der Waals surface area contributed by atoms with Crippen molar-refractivity contribution in [3.8, 4) is 0 Å². The van der Waals surface area contributed by atoms with Gasteiger partial charge in [-0.25, -0.2) is 8.42 Å². The topological polar surface area (TPSA) is 86.8 Å². The summed E-state index contributed by atoms with van der Waals surface area (Å²) in [5.74, 6) is -0.585. The Labute approximate surface area is 244 Å². The maximum absolute atomic E-state index is 14.2. The van der Waals surface area contributed by atoms with E-state index >= 15 is 0 Å². The first kappa shape index (κ1) is 30.3. The van der Waals surface area contributed by atoms with E-state index in [9.17, 15) is 18.0 Å². The monoisotopic (exact) mass is 575 g/mol. The minimum absolute atomic E-state index is 0.112. The van der Waals surface area contributed by atoms with E-state index in [0.717, 1.165) is 42.4 Å². The number of hydrogen-bond donors (Lipinski definition) is 1. The average Bonchev–Trinajstić information content (AvgIpc) is 3.48. The number of sulfonamides is 1. The van der Waals surface area contributed by atoms with Crippen LogP contribution < -0.4 is 9.62 Å². The number of aryl methyl sites for hydroxylation is 2. The van der Waals surface area contributed by atoms with Gasteiger partial charge < -0.3 is 10.2 Å². The minimum Gasteiger partial charge on any atom is -0.352 e. The number of amides is 2. The third kappa shape index (κ3) is 7.55. The van der Waals surface area contributed by atoms with Crippen molar-refractivity contribution >= 4 is 27.5 Å². The van der Waals surface area contributed by atoms with Crippen LogP contribution in [0.15, 0.2) is 83.8 Å². The Morgan fingerprint density at radius 1 is 0.902 bits per heavy atom. The predicted octanol–water partition coefficient (Wildman–Crippen LogP) is 5.41. The fraction of sp³-hybridized carbons (Fsp3) is 0.394. The van der Waals surface area contributed by atoms with Crippen LogP contribution in [0.2, 0.25) is 0 Å². The zero-order valence-electron chi connectivity index (χ0n) is 24.3. The summed E-state index contributed by atoms with van der Waals surface area (Å²) < 4.78 is 29.2. The molecule has 1 atom stereocenters. The summed E-state index contributed by atoms with van der Waals surface area (Å²) in [6.45, 7) is 5.50. The lowest BCUT2D eigenvalue weighted by atomic mass is 10.1. The first-order valence-electron chi connectivity index (χ1n) is 14.5. The molecular formula is C33H41N3O4S. The number of nitrogens with zero attached hydrogens (tertiary/aromatic N) is 2. The van der Waals surface area contributed by atoms with Crippen LogP contribution in [0.3, 0.4) is 0 Å². The summed E-state index contributed by atoms with van der Waals surface area (Å²) in [6.07, 6.45) is 5.02. The quantitative estimate of drug-likeness (QED) is 0.313. The molecule has 0 bridgehead atoms. The first-order valence-corrected chi connectivity index (χ1v) is 15.9. The molecule has 0 radical (unpaired) electrons. The van der Waals surface area contributed by atoms with E-state index in [1.54, 1.807) is 41.3 Å². The molecule has 0 spiro atoms. The van der Waals surface area contributed by atoms with Crippen LogP contribution in [0, 0.1) is 13.8 Å². The average molecular weight is 576 g/mol. The molecule has 1 fully saturated rings. The summed E-state index contributed by atoms with van der Waals surface area (Å²) in [5.41, 5.74) is 3.15. The van der Waals surface area contributed by atoms with E-state index in [1.807, 2.05) is 63.2 Å². The standard InChI is InChI=1S/C33H41N3O4S/c1-4-30(33(38)34-28-15-9-10-16-28)35(23-22-27-13-6-5-7-14-27)32(37)24-36(31-17-11-8-12-26(31)3)41(39,40)29-20-18-25(2)19-21-29/h5-8,11-14,17-21,28,30H,4,9-10,15-16,22-24H2,1-3H3,(H,34,38)/t30-/m1/s1. The molecule has 218 valence electrons. The van der Waals surface area contributed by atoms with E-state index in [-0.39, 0.29) is 16.8 Å². The molecule has 7 nitrogen and oxygen atoms in total. The zero-order valence-corrected chi connectivity index (χ0v) is 25.1. The smallest absolute Gasteiger partial charge is 0.264 e. The van der Waals surface area contributed by atoms with E-state index in [2.05, 4.69) is 5.32 Å². The van der Waals surface area contributed by atoms with Crippen molar-refractivity contribution < 1.29 is 18.0 Å². The highest BCUT2D eigenvalue weighted by atomic mass is 32.2. The van der Waals surface area contributed by atoms with Crippen LogP contribution in [0.5, 0.6) is 0 Å². The number of rotatable bonds is 12. The van der Waals surface area contributed by atoms with Crippen LogP contribution in [0.25, 0.3) is 0 Å². The Morgan fingerprint density at radius 2 is 1.54 bits per heavy atom. The van der Waals surface area contributed by atoms with Crippen LogP contribution in [0.1, 0.15) is 55.7 Å². The van der Waals surface area contributed by atoms with Gasteiger partial charge in [-0.1, -0.05) is 86.0 Å². The highest BCUT2D eigenvalue weighted by molar-refractivity contribution is 7.92. The zero-order chi connectivity index (χ0) is 29.4. The van der Waals surface area contributed by atoms with Gasteiger partial charge in [-0.3, -0.25) is 13.9 Å². The van der Waals surface area contributed by atoms with Gasteiger partial charge in [0.05, 0.1) is 10.6 Å². The molecule has 41 heavy (non-hydrogen) atoms. The summed E-state index contributed by atoms with van der Waals surface area (Å²) in [4.78, 5) is 29.4. The SMILES string of the molecule is CC[C@H](C(=O)NC1CCCC1)N(CCc1ccccc1)C(=O)CN(c1ccccc1C)S(=O)(=O)c1ccc(C)cc1. The lowest BCUT2D eigenvalue weighted by Gasteiger charge is -2.34. The van der Waals surface area contributed by atoms with Crippen molar-refractivity contribution in [3.05, 3.63) is 95.6 Å². The molecule has 2 amide bonds. The number of carbonyl (C=O) groups excluding carboxylic acids is 2. The maximum atomic E-state index is 14.2. The summed E-state index contributed by atoms with van der Waals surface area (Å²) in [7, 11) is -4.08. The molecule has 3 aromatic rings. The lowest BCUT2D eigenvalue weighted by Crippen LogP contribution is -2.54. The Balaban J connectivity index is 1.68. The third-order valence-electron chi connectivity index (χ3n) is 7.84. The number of benzene rings is 3. The molecule has 1 saturated carbocycles. The molecular weight excluding hydrogens is 534 g/mol. The van der Waals surface area contributed by atoms with Crippen LogP contribution in [-0.2, 0) is 26.0 Å². The number of carbonyl (C=O) groups is 2. The number of nitrogens with one attached hydrogen (secondary N) is 1. The van der Waals surface area contributed by atoms with Gasteiger partial charge in [0.2, 0.25) is 11.8 Å². The molecule has 3 aromatic carbocycles. The van der Waals surface area contributed by atoms with Crippen LogP contribution >= 0.6 is 0 Å². The lowest BCUT2D eigenvalue weighted by molar-refractivity contribution is -0.139. The fourth-order valence-corrected chi connectivity index (χ4v) is 6.94. The van der Waals surface area contributed by atoms with Crippen molar-refractivity contribution in [1.82, 2.24) is 10.2 Å². The van der Waals surface area contributed by atoms with Crippen LogP contribution in [-0.4, -0.2) is 50.3 Å². The molecule has 0 aliphatic heterocycles. The predicted molar refractivity (Wildman–Crippen MR) is 163 cm³/mol. The number of para-hydroxylation sites is 1. The van der Waals surface area contributed by atoms with E-state index in [4.69, 9.17) is 0 Å². The van der Waals surface area contributed by atoms with E-state index in [1.165, 1.54) is 4.31 Å². The van der Waals surface area contributed by atoms with Crippen molar-refractivity contribution in [2.45, 2.75) is 76.3 Å². The highest BCUT2D eigenvalue weighted by Crippen LogP contribution is 2.27. The molecule has 0 heterocycles. The van der Waals surface area contributed by atoms with E-state index < -0.39 is 28.5 Å². The van der Waals surface area contributed by atoms with Gasteiger partial charge >= 0.3 is 0 Å². The van der Waals surface area contributed by atoms with Gasteiger partial charge in [-0.15, -0.1) is 0 Å². The second kappa shape index (κ2) is 13.8. The summed E-state index contributed by atoms with van der Waals surface area (Å²) in [6, 6.07) is 23.0. The Morgan fingerprint density at radius 3 is 2.17 bits per heavy atom. The highest BCUT2D eigenvalue weighted by Gasteiger charge is 2.34. The van der Waals surface area contributed by atoms with Gasteiger partial charge in [0.1, 0.15) is 12.6 Å². The van der Waals surface area contributed by atoms with Gasteiger partial charge in [-0.05, 0) is 68.9 Å². The second-order valence-corrected chi connectivity index (χ2v) is 12.7. The minimum atomic E-state index is -4.08. The normalized spacial score (nSPS) is 14.4. The molecule has 0 saturated heterocycles. The molecule has 0 unspecified atom stereocenters. The number of anilines is 1. The van der Waals surface area contributed by atoms with Crippen molar-refractivity contribution in [3.63, 3.8) is 0 Å². The van der Waals surface area contributed by atoms with Crippen molar-refractivity contribution in [1.29, 1.82) is 0 Å². The molecule has 1 aliphatic carbocycles. The molecule has 8 heteroatoms. The van der Waals surface area contributed by atoms with Gasteiger partial charge in [0.25, 0.3) is 10.0 Å². The Bertz CT molecular complexity index is 1420. The number of hydrogen-bond acceptors (Lipinski definition) is 4. The fourth-order valence-electron chi connectivity index (χ4n) is 5.46. The first-order chi connectivity index (χ1) is 19.7. The molecule has 1 aliphatic rings. The van der Waals surface area contributed by atoms with Crippen molar-refractivity contribution in [2.75, 3.05) is 17.4 Å². The summed E-state index contributed by atoms with van der Waals surface area (Å²) >= 11 is 0. The Hall–Kier alpha value is -3.65. The summed E-state index contributed by atoms with van der Waals surface area (Å²) in [5, 5.41) is 3.15. The second-order valence-electron chi connectivity index (χ2n) is 10.8. The largest absolute Gasteiger partial charge is 0.352 e. The van der Waals surface area contributed by atoms with Gasteiger partial charge in [-0.2, -0.15) is 0 Å². The van der Waals surface area contributed by atoms with Crippen molar-refractivity contribution in [2.24, 2.45) is 0 Å². The molecule has 1 N–H and O–H groups in total. The third-order valence-corrected chi connectivity index (χ3v) is 9.62. The maximum Gasteiger partial charge on any atom is 0.264 e. The molecule has 4 rings (SSSR count). The Kier molecular flexibility index (Phi) is 10.2. The van der Waals surface area contributed by atoms with Gasteiger partial charge in [0, 0.05) is 12.6 Å². The van der Waals surface area contributed by atoms with Gasteiger partial charge in [0.15, 0.2) is 0 Å². The molecule has 0 aromatic heterocycles. The van der Waals surface area contributed by atoms with E-state index in [0.29, 0.717) is 25.1 Å². The van der Waals surface area contributed by atoms with Crippen LogP contribution in [0.4, 0.5) is 5.69 Å².